The van der Waals surface area contributed by atoms with Crippen molar-refractivity contribution >= 4 is 11.6 Å². The average Bonchev–Trinajstić information content (AvgIpc) is 3.00. The van der Waals surface area contributed by atoms with Gasteiger partial charge in [-0.2, -0.15) is 0 Å². The molecule has 1 unspecified atom stereocenters. The lowest BCUT2D eigenvalue weighted by Crippen LogP contribution is -2.29. The third-order valence-corrected chi connectivity index (χ3v) is 4.23. The standard InChI is InChI=1S/C14H18ClNO3/c15-12-7-14-13(18-9-19-14)6-10(12)8-16-4-1-2-11(16)3-5-17/h6-7,11,17H,1-5,8-9H2. The lowest BCUT2D eigenvalue weighted by molar-refractivity contribution is 0.173. The molecule has 1 aromatic carbocycles. The van der Waals surface area contributed by atoms with Crippen LogP contribution in [0.1, 0.15) is 24.8 Å². The van der Waals surface area contributed by atoms with Crippen LogP contribution in [0.3, 0.4) is 0 Å². The molecule has 5 heteroatoms. The Bertz CT molecular complexity index is 466. The van der Waals surface area contributed by atoms with E-state index in [1.165, 1.54) is 6.42 Å². The first-order chi connectivity index (χ1) is 9.28. The molecule has 19 heavy (non-hydrogen) atoms. The van der Waals surface area contributed by atoms with Crippen LogP contribution >= 0.6 is 11.6 Å². The van der Waals surface area contributed by atoms with Crippen molar-refractivity contribution in [2.75, 3.05) is 19.9 Å². The number of aliphatic hydroxyl groups is 1. The summed E-state index contributed by atoms with van der Waals surface area (Å²) < 4.78 is 10.7. The molecule has 104 valence electrons. The highest BCUT2D eigenvalue weighted by molar-refractivity contribution is 6.31. The number of halogens is 1. The number of rotatable bonds is 4. The van der Waals surface area contributed by atoms with Crippen LogP contribution in [0.5, 0.6) is 11.5 Å². The summed E-state index contributed by atoms with van der Waals surface area (Å²) in [4.78, 5) is 2.39. The van der Waals surface area contributed by atoms with Crippen LogP contribution < -0.4 is 9.47 Å². The van der Waals surface area contributed by atoms with Gasteiger partial charge in [-0.3, -0.25) is 4.90 Å². The molecule has 0 saturated carbocycles. The molecule has 2 aliphatic rings. The number of aliphatic hydroxyl groups excluding tert-OH is 1. The molecule has 2 heterocycles. The van der Waals surface area contributed by atoms with Gasteiger partial charge in [0.25, 0.3) is 0 Å². The predicted octanol–water partition coefficient (Wildman–Crippen LogP) is 2.42. The van der Waals surface area contributed by atoms with Gasteiger partial charge in [-0.25, -0.2) is 0 Å². The molecule has 1 aromatic rings. The van der Waals surface area contributed by atoms with Crippen LogP contribution in [0.2, 0.25) is 5.02 Å². The monoisotopic (exact) mass is 283 g/mol. The van der Waals surface area contributed by atoms with Crippen molar-refractivity contribution in [3.63, 3.8) is 0 Å². The Morgan fingerprint density at radius 1 is 1.32 bits per heavy atom. The second-order valence-electron chi connectivity index (χ2n) is 5.08. The van der Waals surface area contributed by atoms with E-state index in [1.807, 2.05) is 12.1 Å². The van der Waals surface area contributed by atoms with Gasteiger partial charge in [0.15, 0.2) is 11.5 Å². The summed E-state index contributed by atoms with van der Waals surface area (Å²) in [6.45, 7) is 2.39. The third-order valence-electron chi connectivity index (χ3n) is 3.88. The highest BCUT2D eigenvalue weighted by Gasteiger charge is 2.25. The topological polar surface area (TPSA) is 41.9 Å². The van der Waals surface area contributed by atoms with Gasteiger partial charge in [-0.15, -0.1) is 0 Å². The van der Waals surface area contributed by atoms with E-state index in [1.54, 1.807) is 0 Å². The number of hydrogen-bond acceptors (Lipinski definition) is 4. The minimum atomic E-state index is 0.246. The van der Waals surface area contributed by atoms with E-state index in [-0.39, 0.29) is 13.4 Å². The molecule has 1 N–H and O–H groups in total. The molecule has 4 nitrogen and oxygen atoms in total. The molecule has 3 rings (SSSR count). The molecule has 1 fully saturated rings. The Balaban J connectivity index is 1.76. The zero-order valence-electron chi connectivity index (χ0n) is 10.8. The van der Waals surface area contributed by atoms with Gasteiger partial charge in [-0.05, 0) is 37.4 Å². The first-order valence-electron chi connectivity index (χ1n) is 6.71. The summed E-state index contributed by atoms with van der Waals surface area (Å²) in [6, 6.07) is 4.27. The van der Waals surface area contributed by atoms with Gasteiger partial charge in [-0.1, -0.05) is 11.6 Å². The highest BCUT2D eigenvalue weighted by atomic mass is 35.5. The summed E-state index contributed by atoms with van der Waals surface area (Å²) in [6.07, 6.45) is 3.18. The molecule has 0 aliphatic carbocycles. The van der Waals surface area contributed by atoms with Crippen molar-refractivity contribution in [2.45, 2.75) is 31.8 Å². The summed E-state index contributed by atoms with van der Waals surface area (Å²) in [5, 5.41) is 9.82. The van der Waals surface area contributed by atoms with Crippen molar-refractivity contribution in [1.82, 2.24) is 4.90 Å². The molecule has 0 amide bonds. The van der Waals surface area contributed by atoms with Gasteiger partial charge in [0.05, 0.1) is 0 Å². The van der Waals surface area contributed by atoms with E-state index >= 15 is 0 Å². The Labute approximate surface area is 117 Å². The van der Waals surface area contributed by atoms with E-state index in [4.69, 9.17) is 26.2 Å². The fraction of sp³-hybridized carbons (Fsp3) is 0.571. The van der Waals surface area contributed by atoms with Crippen molar-refractivity contribution < 1.29 is 14.6 Å². The maximum atomic E-state index is 9.10. The minimum absolute atomic E-state index is 0.246. The first kappa shape index (κ1) is 13.0. The number of fused-ring (bicyclic) bond motifs is 1. The average molecular weight is 284 g/mol. The molecule has 1 atom stereocenters. The fourth-order valence-electron chi connectivity index (χ4n) is 2.88. The maximum absolute atomic E-state index is 9.10. The quantitative estimate of drug-likeness (QED) is 0.921. The highest BCUT2D eigenvalue weighted by Crippen LogP contribution is 2.37. The summed E-state index contributed by atoms with van der Waals surface area (Å²) in [5.41, 5.74) is 1.07. The Morgan fingerprint density at radius 3 is 2.89 bits per heavy atom. The van der Waals surface area contributed by atoms with Crippen molar-refractivity contribution in [2.24, 2.45) is 0 Å². The SMILES string of the molecule is OCCC1CCCN1Cc1cc2c(cc1Cl)OCO2. The van der Waals surface area contributed by atoms with E-state index in [9.17, 15) is 0 Å². The van der Waals surface area contributed by atoms with E-state index in [0.29, 0.717) is 6.04 Å². The van der Waals surface area contributed by atoms with Crippen molar-refractivity contribution in [3.8, 4) is 11.5 Å². The van der Waals surface area contributed by atoms with Crippen molar-refractivity contribution in [3.05, 3.63) is 22.7 Å². The van der Waals surface area contributed by atoms with Crippen LogP contribution in [0.4, 0.5) is 0 Å². The van der Waals surface area contributed by atoms with Crippen LogP contribution in [0.15, 0.2) is 12.1 Å². The Morgan fingerprint density at radius 2 is 2.11 bits per heavy atom. The second-order valence-corrected chi connectivity index (χ2v) is 5.48. The Hall–Kier alpha value is -0.970. The van der Waals surface area contributed by atoms with Gasteiger partial charge < -0.3 is 14.6 Å². The largest absolute Gasteiger partial charge is 0.454 e. The Kier molecular flexibility index (Phi) is 3.82. The number of likely N-dealkylation sites (tertiary alicyclic amines) is 1. The van der Waals surface area contributed by atoms with Crippen LogP contribution in [-0.4, -0.2) is 36.0 Å². The van der Waals surface area contributed by atoms with Gasteiger partial charge in [0, 0.05) is 30.3 Å². The number of ether oxygens (including phenoxy) is 2. The molecular formula is C14H18ClNO3. The first-order valence-corrected chi connectivity index (χ1v) is 7.08. The molecule has 1 saturated heterocycles. The second kappa shape index (κ2) is 5.57. The molecule has 0 aromatic heterocycles. The summed E-state index contributed by atoms with van der Waals surface area (Å²) in [7, 11) is 0. The molecule has 0 radical (unpaired) electrons. The maximum Gasteiger partial charge on any atom is 0.231 e. The zero-order chi connectivity index (χ0) is 13.2. The summed E-state index contributed by atoms with van der Waals surface area (Å²) >= 11 is 6.30. The molecule has 0 bridgehead atoms. The number of hydrogen-bond donors (Lipinski definition) is 1. The normalized spacial score (nSPS) is 22.1. The van der Waals surface area contributed by atoms with Crippen LogP contribution in [0, 0.1) is 0 Å². The van der Waals surface area contributed by atoms with Crippen LogP contribution in [-0.2, 0) is 6.54 Å². The van der Waals surface area contributed by atoms with Gasteiger partial charge in [0.1, 0.15) is 0 Å². The minimum Gasteiger partial charge on any atom is -0.454 e. The smallest absolute Gasteiger partial charge is 0.231 e. The van der Waals surface area contributed by atoms with Crippen LogP contribution in [0.25, 0.3) is 0 Å². The lowest BCUT2D eigenvalue weighted by Gasteiger charge is -2.24. The van der Waals surface area contributed by atoms with Crippen molar-refractivity contribution in [1.29, 1.82) is 0 Å². The molecular weight excluding hydrogens is 266 g/mol. The number of benzene rings is 1. The summed E-state index contributed by atoms with van der Waals surface area (Å²) in [5.74, 6) is 1.50. The van der Waals surface area contributed by atoms with E-state index in [2.05, 4.69) is 4.90 Å². The van der Waals surface area contributed by atoms with Gasteiger partial charge >= 0.3 is 0 Å². The number of nitrogens with zero attached hydrogens (tertiary/aromatic N) is 1. The predicted molar refractivity (Wildman–Crippen MR) is 72.7 cm³/mol. The lowest BCUT2D eigenvalue weighted by atomic mass is 10.1. The molecule has 2 aliphatic heterocycles. The van der Waals surface area contributed by atoms with E-state index < -0.39 is 0 Å². The zero-order valence-corrected chi connectivity index (χ0v) is 11.5. The fourth-order valence-corrected chi connectivity index (χ4v) is 3.09. The van der Waals surface area contributed by atoms with Gasteiger partial charge in [0.2, 0.25) is 6.79 Å². The third kappa shape index (κ3) is 2.66. The molecule has 0 spiro atoms. The van der Waals surface area contributed by atoms with E-state index in [0.717, 1.165) is 48.0 Å².